The Labute approximate surface area is 77.4 Å². The van der Waals surface area contributed by atoms with Gasteiger partial charge in [-0.05, 0) is 18.6 Å². The van der Waals surface area contributed by atoms with Crippen LogP contribution in [0.2, 0.25) is 0 Å². The molecule has 1 atom stereocenters. The van der Waals surface area contributed by atoms with Gasteiger partial charge < -0.3 is 4.74 Å². The Morgan fingerprint density at radius 3 is 3.17 bits per heavy atom. The summed E-state index contributed by atoms with van der Waals surface area (Å²) in [5, 5.41) is 0.634. The first-order valence-corrected chi connectivity index (χ1v) is 5.23. The number of carbonyl (C=O) groups is 1. The minimum atomic E-state index is -0.158. The Balaban J connectivity index is 2.16. The van der Waals surface area contributed by atoms with E-state index in [9.17, 15) is 4.79 Å². The van der Waals surface area contributed by atoms with Crippen molar-refractivity contribution in [3.05, 3.63) is 12.2 Å². The van der Waals surface area contributed by atoms with Crippen molar-refractivity contribution in [2.75, 3.05) is 12.9 Å². The number of ether oxygens (including phenoxy) is 1. The second-order valence-electron chi connectivity index (χ2n) is 2.76. The highest BCUT2D eigenvalue weighted by Crippen LogP contribution is 2.26. The van der Waals surface area contributed by atoms with Gasteiger partial charge in [-0.2, -0.15) is 11.8 Å². The molecular weight excluding hydrogens is 172 g/mol. The number of hydrogen-bond acceptors (Lipinski definition) is 3. The third-order valence-electron chi connectivity index (χ3n) is 1.83. The Morgan fingerprint density at radius 2 is 2.58 bits per heavy atom. The van der Waals surface area contributed by atoms with Crippen LogP contribution in [0.25, 0.3) is 0 Å². The van der Waals surface area contributed by atoms with Crippen LogP contribution >= 0.6 is 11.8 Å². The van der Waals surface area contributed by atoms with E-state index in [4.69, 9.17) is 0 Å². The van der Waals surface area contributed by atoms with Crippen molar-refractivity contribution in [2.45, 2.75) is 24.5 Å². The molecule has 0 amide bonds. The number of esters is 1. The molecule has 0 aromatic carbocycles. The molecule has 2 nitrogen and oxygen atoms in total. The molecule has 1 aliphatic heterocycles. The smallest absolute Gasteiger partial charge is 0.309 e. The number of carbonyl (C=O) groups excluding carboxylic acids is 1. The summed E-state index contributed by atoms with van der Waals surface area (Å²) in [7, 11) is 1.42. The molecule has 1 fully saturated rings. The van der Waals surface area contributed by atoms with Gasteiger partial charge in [-0.3, -0.25) is 4.79 Å². The predicted molar refractivity (Wildman–Crippen MR) is 51.3 cm³/mol. The first-order chi connectivity index (χ1) is 5.83. The summed E-state index contributed by atoms with van der Waals surface area (Å²) >= 11 is 1.96. The van der Waals surface area contributed by atoms with Crippen molar-refractivity contribution < 1.29 is 9.53 Å². The van der Waals surface area contributed by atoms with Crippen molar-refractivity contribution in [2.24, 2.45) is 0 Å². The molecule has 0 bridgehead atoms. The average Bonchev–Trinajstić information content (AvgIpc) is 2.57. The Hall–Kier alpha value is -0.440. The number of hydrogen-bond donors (Lipinski definition) is 0. The van der Waals surface area contributed by atoms with Crippen molar-refractivity contribution in [1.82, 2.24) is 0 Å². The maximum atomic E-state index is 10.7. The summed E-state index contributed by atoms with van der Waals surface area (Å²) in [6.07, 6.45) is 7.00. The van der Waals surface area contributed by atoms with Crippen LogP contribution in [0.4, 0.5) is 0 Å². The second kappa shape index (κ2) is 5.25. The molecule has 0 radical (unpaired) electrons. The number of rotatable bonds is 3. The van der Waals surface area contributed by atoms with E-state index in [-0.39, 0.29) is 5.97 Å². The van der Waals surface area contributed by atoms with Gasteiger partial charge in [0.25, 0.3) is 0 Å². The predicted octanol–water partition coefficient (Wildman–Crippen LogP) is 2.00. The Morgan fingerprint density at radius 1 is 1.75 bits per heavy atom. The monoisotopic (exact) mass is 186 g/mol. The molecule has 1 unspecified atom stereocenters. The van der Waals surface area contributed by atoms with E-state index in [0.29, 0.717) is 11.7 Å². The van der Waals surface area contributed by atoms with Crippen LogP contribution in [0.1, 0.15) is 19.3 Å². The maximum absolute atomic E-state index is 10.7. The fourth-order valence-electron chi connectivity index (χ4n) is 1.15. The fourth-order valence-corrected chi connectivity index (χ4v) is 2.35. The zero-order valence-corrected chi connectivity index (χ0v) is 8.10. The Bertz CT molecular complexity index is 171. The molecule has 1 heterocycles. The molecule has 1 rings (SSSR count). The second-order valence-corrected chi connectivity index (χ2v) is 4.11. The van der Waals surface area contributed by atoms with Gasteiger partial charge in [-0.15, -0.1) is 0 Å². The van der Waals surface area contributed by atoms with E-state index in [0.717, 1.165) is 0 Å². The van der Waals surface area contributed by atoms with Gasteiger partial charge in [0, 0.05) is 5.25 Å². The van der Waals surface area contributed by atoms with Crippen molar-refractivity contribution >= 4 is 17.7 Å². The molecule has 12 heavy (non-hydrogen) atoms. The van der Waals surface area contributed by atoms with Crippen LogP contribution in [0, 0.1) is 0 Å². The van der Waals surface area contributed by atoms with Crippen LogP contribution < -0.4 is 0 Å². The van der Waals surface area contributed by atoms with Crippen LogP contribution in [-0.4, -0.2) is 24.1 Å². The molecule has 0 saturated carbocycles. The third kappa shape index (κ3) is 3.30. The van der Waals surface area contributed by atoms with Crippen molar-refractivity contribution in [3.63, 3.8) is 0 Å². The van der Waals surface area contributed by atoms with E-state index in [1.807, 2.05) is 17.8 Å². The van der Waals surface area contributed by atoms with Gasteiger partial charge in [0.2, 0.25) is 0 Å². The minimum absolute atomic E-state index is 0.158. The largest absolute Gasteiger partial charge is 0.469 e. The molecule has 0 aromatic heterocycles. The van der Waals surface area contributed by atoms with Crippen LogP contribution in [0.5, 0.6) is 0 Å². The lowest BCUT2D eigenvalue weighted by molar-refractivity contribution is -0.139. The van der Waals surface area contributed by atoms with E-state index in [2.05, 4.69) is 10.8 Å². The lowest BCUT2D eigenvalue weighted by Crippen LogP contribution is -1.98. The standard InChI is InChI=1S/C9H14O2S/c1-11-9(10)6-2-4-8-5-3-7-12-8/h2,4,8H,3,5-7H2,1H3/b4-2-. The molecule has 0 aliphatic carbocycles. The van der Waals surface area contributed by atoms with Gasteiger partial charge in [-0.1, -0.05) is 12.2 Å². The summed E-state index contributed by atoms with van der Waals surface area (Å²) in [5.41, 5.74) is 0. The lowest BCUT2D eigenvalue weighted by atomic mass is 10.2. The lowest BCUT2D eigenvalue weighted by Gasteiger charge is -1.98. The van der Waals surface area contributed by atoms with Gasteiger partial charge in [0.1, 0.15) is 0 Å². The molecule has 0 N–H and O–H groups in total. The number of methoxy groups -OCH3 is 1. The zero-order chi connectivity index (χ0) is 8.81. The third-order valence-corrected chi connectivity index (χ3v) is 3.17. The first-order valence-electron chi connectivity index (χ1n) is 4.18. The SMILES string of the molecule is COC(=O)C/C=C\C1CCCS1. The molecule has 3 heteroatoms. The summed E-state index contributed by atoms with van der Waals surface area (Å²) in [6, 6.07) is 0. The highest BCUT2D eigenvalue weighted by Gasteiger charge is 2.11. The van der Waals surface area contributed by atoms with Crippen LogP contribution in [0.15, 0.2) is 12.2 Å². The summed E-state index contributed by atoms with van der Waals surface area (Å²) in [6.45, 7) is 0. The summed E-state index contributed by atoms with van der Waals surface area (Å²) < 4.78 is 4.52. The topological polar surface area (TPSA) is 26.3 Å². The zero-order valence-electron chi connectivity index (χ0n) is 7.29. The van der Waals surface area contributed by atoms with Crippen LogP contribution in [-0.2, 0) is 9.53 Å². The maximum Gasteiger partial charge on any atom is 0.309 e. The van der Waals surface area contributed by atoms with Crippen molar-refractivity contribution in [1.29, 1.82) is 0 Å². The van der Waals surface area contributed by atoms with E-state index in [1.54, 1.807) is 0 Å². The van der Waals surface area contributed by atoms with Gasteiger partial charge >= 0.3 is 5.97 Å². The molecule has 0 aromatic rings. The highest BCUT2D eigenvalue weighted by atomic mass is 32.2. The molecule has 1 aliphatic rings. The quantitative estimate of drug-likeness (QED) is 0.498. The van der Waals surface area contributed by atoms with Crippen LogP contribution in [0.3, 0.4) is 0 Å². The summed E-state index contributed by atoms with van der Waals surface area (Å²) in [4.78, 5) is 10.7. The van der Waals surface area contributed by atoms with E-state index in [1.165, 1.54) is 25.7 Å². The highest BCUT2D eigenvalue weighted by molar-refractivity contribution is 8.00. The summed E-state index contributed by atoms with van der Waals surface area (Å²) in [5.74, 6) is 1.10. The molecule has 1 saturated heterocycles. The van der Waals surface area contributed by atoms with Crippen molar-refractivity contribution in [3.8, 4) is 0 Å². The van der Waals surface area contributed by atoms with E-state index < -0.39 is 0 Å². The van der Waals surface area contributed by atoms with E-state index >= 15 is 0 Å². The average molecular weight is 186 g/mol. The van der Waals surface area contributed by atoms with Gasteiger partial charge in [0.05, 0.1) is 13.5 Å². The minimum Gasteiger partial charge on any atom is -0.469 e. The molecular formula is C9H14O2S. The molecule has 0 spiro atoms. The van der Waals surface area contributed by atoms with Gasteiger partial charge in [0.15, 0.2) is 0 Å². The molecule has 68 valence electrons. The normalized spacial score (nSPS) is 23.2. The van der Waals surface area contributed by atoms with Gasteiger partial charge in [-0.25, -0.2) is 0 Å². The Kier molecular flexibility index (Phi) is 4.22. The fraction of sp³-hybridized carbons (Fsp3) is 0.667. The first kappa shape index (κ1) is 9.65. The number of thioether (sulfide) groups is 1.